The van der Waals surface area contributed by atoms with Gasteiger partial charge in [0.25, 0.3) is 5.56 Å². The average molecular weight is 308 g/mol. The molecule has 5 nitrogen and oxygen atoms in total. The van der Waals surface area contributed by atoms with Crippen molar-refractivity contribution >= 4 is 28.6 Å². The van der Waals surface area contributed by atoms with Gasteiger partial charge in [0.2, 0.25) is 5.82 Å². The molecule has 0 spiro atoms. The van der Waals surface area contributed by atoms with Gasteiger partial charge in [-0.3, -0.25) is 9.78 Å². The van der Waals surface area contributed by atoms with Crippen LogP contribution in [0.3, 0.4) is 0 Å². The lowest BCUT2D eigenvalue weighted by molar-refractivity contribution is 0.0586. The predicted molar refractivity (Wildman–Crippen MR) is 58.3 cm³/mol. The third-order valence-corrected chi connectivity index (χ3v) is 2.76. The Hall–Kier alpha value is -0.920. The van der Waals surface area contributed by atoms with Gasteiger partial charge < -0.3 is 4.74 Å². The summed E-state index contributed by atoms with van der Waals surface area (Å²) in [6.07, 6.45) is 0.603. The highest BCUT2D eigenvalue weighted by atomic mass is 127. The Labute approximate surface area is 94.0 Å². The zero-order chi connectivity index (χ0) is 10.7. The predicted octanol–water partition coefficient (Wildman–Crippen LogP) is 0.724. The van der Waals surface area contributed by atoms with Gasteiger partial charge in [-0.2, -0.15) is 0 Å². The van der Waals surface area contributed by atoms with E-state index in [0.717, 1.165) is 0 Å². The number of carbonyl (C=O) groups is 1. The SMILES string of the molecule is CCc1nc(C(=O)OC)[nH]c(=O)c1I. The van der Waals surface area contributed by atoms with Crippen molar-refractivity contribution in [1.29, 1.82) is 0 Å². The molecule has 0 saturated heterocycles. The van der Waals surface area contributed by atoms with E-state index in [1.807, 2.05) is 29.5 Å². The Bertz CT molecular complexity index is 414. The first-order chi connectivity index (χ1) is 6.60. The molecular formula is C8H9IN2O3. The van der Waals surface area contributed by atoms with Crippen LogP contribution in [0.5, 0.6) is 0 Å². The van der Waals surface area contributed by atoms with Crippen LogP contribution in [-0.2, 0) is 11.2 Å². The van der Waals surface area contributed by atoms with Crippen molar-refractivity contribution < 1.29 is 9.53 Å². The van der Waals surface area contributed by atoms with Gasteiger partial charge in [-0.25, -0.2) is 9.78 Å². The highest BCUT2D eigenvalue weighted by Gasteiger charge is 2.13. The van der Waals surface area contributed by atoms with E-state index in [1.54, 1.807) is 0 Å². The monoisotopic (exact) mass is 308 g/mol. The molecule has 0 fully saturated rings. The summed E-state index contributed by atoms with van der Waals surface area (Å²) < 4.78 is 4.97. The standard InChI is InChI=1S/C8H9IN2O3/c1-3-4-5(9)7(12)11-6(10-4)8(13)14-2/h3H2,1-2H3,(H,10,11,12). The Morgan fingerprint density at radius 2 is 2.29 bits per heavy atom. The maximum atomic E-state index is 11.3. The molecule has 0 amide bonds. The molecule has 0 bridgehead atoms. The van der Waals surface area contributed by atoms with E-state index in [0.29, 0.717) is 15.7 Å². The van der Waals surface area contributed by atoms with Gasteiger partial charge >= 0.3 is 5.97 Å². The van der Waals surface area contributed by atoms with Crippen LogP contribution in [0.1, 0.15) is 23.2 Å². The van der Waals surface area contributed by atoms with Crippen LogP contribution in [-0.4, -0.2) is 23.0 Å². The van der Waals surface area contributed by atoms with Crippen LogP contribution in [0.2, 0.25) is 0 Å². The Balaban J connectivity index is 3.30. The largest absolute Gasteiger partial charge is 0.463 e. The third kappa shape index (κ3) is 2.11. The summed E-state index contributed by atoms with van der Waals surface area (Å²) >= 11 is 1.90. The van der Waals surface area contributed by atoms with Crippen LogP contribution in [0.25, 0.3) is 0 Å². The van der Waals surface area contributed by atoms with Crippen molar-refractivity contribution in [2.45, 2.75) is 13.3 Å². The number of rotatable bonds is 2. The highest BCUT2D eigenvalue weighted by molar-refractivity contribution is 14.1. The second kappa shape index (κ2) is 4.54. The first kappa shape index (κ1) is 11.2. The fourth-order valence-electron chi connectivity index (χ4n) is 0.933. The first-order valence-corrected chi connectivity index (χ1v) is 5.05. The molecule has 1 aromatic rings. The maximum Gasteiger partial charge on any atom is 0.374 e. The number of aryl methyl sites for hydroxylation is 1. The molecule has 0 aliphatic carbocycles. The number of H-pyrrole nitrogens is 1. The van der Waals surface area contributed by atoms with E-state index in [4.69, 9.17) is 0 Å². The topological polar surface area (TPSA) is 72.0 Å². The molecule has 1 rings (SSSR count). The summed E-state index contributed by atoms with van der Waals surface area (Å²) in [6.45, 7) is 1.87. The molecule has 1 N–H and O–H groups in total. The van der Waals surface area contributed by atoms with Crippen LogP contribution in [0.15, 0.2) is 4.79 Å². The fourth-order valence-corrected chi connectivity index (χ4v) is 1.57. The lowest BCUT2D eigenvalue weighted by atomic mass is 10.3. The van der Waals surface area contributed by atoms with Crippen LogP contribution < -0.4 is 5.56 Å². The highest BCUT2D eigenvalue weighted by Crippen LogP contribution is 2.05. The third-order valence-electron chi connectivity index (χ3n) is 1.65. The van der Waals surface area contributed by atoms with Crippen LogP contribution in [0, 0.1) is 3.57 Å². The second-order valence-electron chi connectivity index (χ2n) is 2.52. The minimum absolute atomic E-state index is 0.0465. The van der Waals surface area contributed by atoms with Gasteiger partial charge in [-0.1, -0.05) is 6.92 Å². The second-order valence-corrected chi connectivity index (χ2v) is 3.60. The lowest BCUT2D eigenvalue weighted by Crippen LogP contribution is -2.21. The summed E-state index contributed by atoms with van der Waals surface area (Å²) in [5, 5.41) is 0. The number of hydrogen-bond donors (Lipinski definition) is 1. The number of hydrogen-bond acceptors (Lipinski definition) is 4. The van der Waals surface area contributed by atoms with Gasteiger partial charge in [-0.05, 0) is 29.0 Å². The van der Waals surface area contributed by atoms with Crippen molar-refractivity contribution in [3.63, 3.8) is 0 Å². The summed E-state index contributed by atoms with van der Waals surface area (Å²) in [5.41, 5.74) is 0.299. The number of ether oxygens (including phenoxy) is 1. The number of methoxy groups -OCH3 is 1. The summed E-state index contributed by atoms with van der Waals surface area (Å²) in [7, 11) is 1.24. The van der Waals surface area contributed by atoms with Gasteiger partial charge in [0.1, 0.15) is 0 Å². The van der Waals surface area contributed by atoms with E-state index in [2.05, 4.69) is 14.7 Å². The molecule has 0 aliphatic rings. The van der Waals surface area contributed by atoms with Gasteiger partial charge in [-0.15, -0.1) is 0 Å². The quantitative estimate of drug-likeness (QED) is 0.645. The van der Waals surface area contributed by atoms with Crippen LogP contribution >= 0.6 is 22.6 Å². The zero-order valence-electron chi connectivity index (χ0n) is 7.76. The number of aromatic nitrogens is 2. The first-order valence-electron chi connectivity index (χ1n) is 3.97. The van der Waals surface area contributed by atoms with Crippen molar-refractivity contribution in [2.24, 2.45) is 0 Å². The molecule has 1 heterocycles. The van der Waals surface area contributed by atoms with Gasteiger partial charge in [0.05, 0.1) is 16.4 Å². The van der Waals surface area contributed by atoms with Crippen molar-refractivity contribution in [2.75, 3.05) is 7.11 Å². The van der Waals surface area contributed by atoms with E-state index in [-0.39, 0.29) is 11.4 Å². The molecule has 0 aliphatic heterocycles. The molecule has 1 aromatic heterocycles. The lowest BCUT2D eigenvalue weighted by Gasteiger charge is -2.02. The molecular weight excluding hydrogens is 299 g/mol. The number of aromatic amines is 1. The van der Waals surface area contributed by atoms with Crippen LogP contribution in [0.4, 0.5) is 0 Å². The number of esters is 1. The average Bonchev–Trinajstić information content (AvgIpc) is 2.20. The van der Waals surface area contributed by atoms with Crippen molar-refractivity contribution in [1.82, 2.24) is 9.97 Å². The Kier molecular flexibility index (Phi) is 3.62. The minimum atomic E-state index is -0.631. The molecule has 6 heteroatoms. The number of halogens is 1. The Morgan fingerprint density at radius 1 is 1.64 bits per heavy atom. The van der Waals surface area contributed by atoms with Gasteiger partial charge in [0, 0.05) is 0 Å². The summed E-state index contributed by atoms with van der Waals surface area (Å²) in [6, 6.07) is 0. The van der Waals surface area contributed by atoms with E-state index < -0.39 is 5.97 Å². The maximum absolute atomic E-state index is 11.3. The molecule has 0 saturated carbocycles. The van der Waals surface area contributed by atoms with E-state index >= 15 is 0 Å². The smallest absolute Gasteiger partial charge is 0.374 e. The zero-order valence-corrected chi connectivity index (χ0v) is 9.91. The summed E-state index contributed by atoms with van der Waals surface area (Å²) in [4.78, 5) is 28.8. The number of carbonyl (C=O) groups excluding carboxylic acids is 1. The Morgan fingerprint density at radius 3 is 2.79 bits per heavy atom. The molecule has 76 valence electrons. The normalized spacial score (nSPS) is 9.93. The number of nitrogens with zero attached hydrogens (tertiary/aromatic N) is 1. The molecule has 0 aromatic carbocycles. The van der Waals surface area contributed by atoms with Gasteiger partial charge in [0.15, 0.2) is 0 Å². The molecule has 0 atom stereocenters. The molecule has 14 heavy (non-hydrogen) atoms. The van der Waals surface area contributed by atoms with E-state index in [9.17, 15) is 9.59 Å². The molecule has 0 unspecified atom stereocenters. The number of nitrogens with one attached hydrogen (secondary N) is 1. The molecule has 0 radical (unpaired) electrons. The fraction of sp³-hybridized carbons (Fsp3) is 0.375. The van der Waals surface area contributed by atoms with E-state index in [1.165, 1.54) is 7.11 Å². The minimum Gasteiger partial charge on any atom is -0.463 e. The van der Waals surface area contributed by atoms with Crippen molar-refractivity contribution in [3.8, 4) is 0 Å². The van der Waals surface area contributed by atoms with Crippen molar-refractivity contribution in [3.05, 3.63) is 25.4 Å². The summed E-state index contributed by atoms with van der Waals surface area (Å²) in [5.74, 6) is -0.678.